The second-order valence-corrected chi connectivity index (χ2v) is 4.73. The molecule has 0 spiro atoms. The van der Waals surface area contributed by atoms with Crippen LogP contribution in [0.4, 0.5) is 5.69 Å². The van der Waals surface area contributed by atoms with Crippen molar-refractivity contribution < 1.29 is 14.8 Å². The maximum atomic E-state index is 11.2. The SMILES string of the molecule is CC(C)CCNCc1cccc([N+](=O)[O-])c1C(=O)O. The zero-order valence-electron chi connectivity index (χ0n) is 11.0. The Hall–Kier alpha value is -1.95. The molecule has 1 aromatic carbocycles. The minimum Gasteiger partial charge on any atom is -0.477 e. The summed E-state index contributed by atoms with van der Waals surface area (Å²) < 4.78 is 0. The van der Waals surface area contributed by atoms with E-state index in [2.05, 4.69) is 19.2 Å². The second-order valence-electron chi connectivity index (χ2n) is 4.73. The van der Waals surface area contributed by atoms with Crippen molar-refractivity contribution in [2.45, 2.75) is 26.8 Å². The molecule has 0 saturated heterocycles. The largest absolute Gasteiger partial charge is 0.477 e. The number of nitrogens with one attached hydrogen (secondary N) is 1. The molecule has 6 heteroatoms. The van der Waals surface area contributed by atoms with Crippen LogP contribution in [0.15, 0.2) is 18.2 Å². The van der Waals surface area contributed by atoms with Gasteiger partial charge < -0.3 is 10.4 Å². The van der Waals surface area contributed by atoms with Gasteiger partial charge in [-0.15, -0.1) is 0 Å². The first kappa shape index (κ1) is 15.1. The average molecular weight is 266 g/mol. The molecule has 0 unspecified atom stereocenters. The molecule has 0 aliphatic rings. The number of nitro groups is 1. The van der Waals surface area contributed by atoms with E-state index in [0.717, 1.165) is 13.0 Å². The van der Waals surface area contributed by atoms with Gasteiger partial charge in [-0.1, -0.05) is 26.0 Å². The van der Waals surface area contributed by atoms with Crippen molar-refractivity contribution in [3.63, 3.8) is 0 Å². The standard InChI is InChI=1S/C13H18N2O4/c1-9(2)6-7-14-8-10-4-3-5-11(15(18)19)12(10)13(16)17/h3-5,9,14H,6-8H2,1-2H3,(H,16,17). The Balaban J connectivity index is 2.85. The minimum absolute atomic E-state index is 0.232. The van der Waals surface area contributed by atoms with Crippen LogP contribution in [-0.2, 0) is 6.54 Å². The third-order valence-electron chi connectivity index (χ3n) is 2.75. The highest BCUT2D eigenvalue weighted by atomic mass is 16.6. The van der Waals surface area contributed by atoms with E-state index in [0.29, 0.717) is 18.0 Å². The van der Waals surface area contributed by atoms with Gasteiger partial charge in [-0.25, -0.2) is 4.79 Å². The van der Waals surface area contributed by atoms with Gasteiger partial charge in [0.1, 0.15) is 5.56 Å². The number of aromatic carboxylic acids is 1. The Bertz CT molecular complexity index is 472. The van der Waals surface area contributed by atoms with E-state index in [1.54, 1.807) is 6.07 Å². The third-order valence-corrected chi connectivity index (χ3v) is 2.75. The van der Waals surface area contributed by atoms with Crippen LogP contribution < -0.4 is 5.32 Å². The summed E-state index contributed by atoms with van der Waals surface area (Å²) in [6, 6.07) is 4.31. The van der Waals surface area contributed by atoms with Crippen LogP contribution in [0.2, 0.25) is 0 Å². The van der Waals surface area contributed by atoms with Crippen LogP contribution in [0, 0.1) is 16.0 Å². The summed E-state index contributed by atoms with van der Waals surface area (Å²) in [5.74, 6) is -0.718. The van der Waals surface area contributed by atoms with Gasteiger partial charge in [-0.2, -0.15) is 0 Å². The Labute approximate surface area is 111 Å². The fourth-order valence-electron chi connectivity index (χ4n) is 1.75. The maximum Gasteiger partial charge on any atom is 0.343 e. The number of carboxylic acid groups (broad SMARTS) is 1. The van der Waals surface area contributed by atoms with Crippen molar-refractivity contribution in [2.24, 2.45) is 5.92 Å². The van der Waals surface area contributed by atoms with E-state index in [9.17, 15) is 14.9 Å². The summed E-state index contributed by atoms with van der Waals surface area (Å²) in [4.78, 5) is 21.3. The van der Waals surface area contributed by atoms with Crippen molar-refractivity contribution in [3.8, 4) is 0 Å². The number of carbonyl (C=O) groups is 1. The quantitative estimate of drug-likeness (QED) is 0.449. The monoisotopic (exact) mass is 266 g/mol. The number of carboxylic acids is 1. The first-order valence-corrected chi connectivity index (χ1v) is 6.13. The first-order chi connectivity index (χ1) is 8.93. The number of benzene rings is 1. The molecule has 0 fully saturated rings. The van der Waals surface area contributed by atoms with Crippen molar-refractivity contribution >= 4 is 11.7 Å². The first-order valence-electron chi connectivity index (χ1n) is 6.13. The molecular weight excluding hydrogens is 248 g/mol. The molecule has 0 amide bonds. The van der Waals surface area contributed by atoms with Gasteiger partial charge in [0.25, 0.3) is 5.69 Å². The summed E-state index contributed by atoms with van der Waals surface area (Å²) >= 11 is 0. The van der Waals surface area contributed by atoms with Crippen molar-refractivity contribution in [1.29, 1.82) is 0 Å². The van der Waals surface area contributed by atoms with Gasteiger partial charge in [0.2, 0.25) is 0 Å². The van der Waals surface area contributed by atoms with Crippen LogP contribution in [0.25, 0.3) is 0 Å². The molecule has 0 aliphatic heterocycles. The molecular formula is C13H18N2O4. The number of hydrogen-bond donors (Lipinski definition) is 2. The fraction of sp³-hybridized carbons (Fsp3) is 0.462. The molecule has 0 heterocycles. The fourth-order valence-corrected chi connectivity index (χ4v) is 1.75. The Kier molecular flexibility index (Phi) is 5.44. The number of nitrogens with zero attached hydrogens (tertiary/aromatic N) is 1. The molecule has 19 heavy (non-hydrogen) atoms. The number of rotatable bonds is 7. The van der Waals surface area contributed by atoms with E-state index in [4.69, 9.17) is 5.11 Å². The molecule has 0 saturated carbocycles. The van der Waals surface area contributed by atoms with Gasteiger partial charge in [0, 0.05) is 12.6 Å². The zero-order valence-corrected chi connectivity index (χ0v) is 11.0. The van der Waals surface area contributed by atoms with Crippen molar-refractivity contribution in [2.75, 3.05) is 6.54 Å². The summed E-state index contributed by atoms with van der Waals surface area (Å²) in [6.45, 7) is 5.25. The lowest BCUT2D eigenvalue weighted by atomic mass is 10.1. The van der Waals surface area contributed by atoms with Gasteiger partial charge in [-0.05, 0) is 24.4 Å². The molecule has 0 aliphatic carbocycles. The summed E-state index contributed by atoms with van der Waals surface area (Å²) in [5.41, 5.74) is -0.161. The smallest absolute Gasteiger partial charge is 0.343 e. The molecule has 0 atom stereocenters. The Morgan fingerprint density at radius 2 is 2.16 bits per heavy atom. The Morgan fingerprint density at radius 1 is 1.47 bits per heavy atom. The molecule has 1 rings (SSSR count). The van der Waals surface area contributed by atoms with Crippen LogP contribution >= 0.6 is 0 Å². The second kappa shape index (κ2) is 6.84. The minimum atomic E-state index is -1.27. The normalized spacial score (nSPS) is 10.7. The van der Waals surface area contributed by atoms with Gasteiger partial charge >= 0.3 is 5.97 Å². The van der Waals surface area contributed by atoms with E-state index in [1.165, 1.54) is 12.1 Å². The molecule has 2 N–H and O–H groups in total. The summed E-state index contributed by atoms with van der Waals surface area (Å²) in [6.07, 6.45) is 0.970. The van der Waals surface area contributed by atoms with Gasteiger partial charge in [0.05, 0.1) is 4.92 Å². The predicted octanol–water partition coefficient (Wildman–Crippen LogP) is 2.43. The van der Waals surface area contributed by atoms with Gasteiger partial charge in [0.15, 0.2) is 0 Å². The molecule has 6 nitrogen and oxygen atoms in total. The van der Waals surface area contributed by atoms with E-state index >= 15 is 0 Å². The number of nitro benzene ring substituents is 1. The topological polar surface area (TPSA) is 92.5 Å². The lowest BCUT2D eigenvalue weighted by molar-refractivity contribution is -0.385. The molecule has 0 radical (unpaired) electrons. The average Bonchev–Trinajstić information content (AvgIpc) is 2.33. The van der Waals surface area contributed by atoms with Crippen LogP contribution in [0.1, 0.15) is 36.2 Å². The van der Waals surface area contributed by atoms with E-state index in [1.807, 2.05) is 0 Å². The van der Waals surface area contributed by atoms with E-state index < -0.39 is 10.9 Å². The zero-order chi connectivity index (χ0) is 14.4. The van der Waals surface area contributed by atoms with E-state index in [-0.39, 0.29) is 11.3 Å². The molecule has 1 aromatic rings. The number of hydrogen-bond acceptors (Lipinski definition) is 4. The van der Waals surface area contributed by atoms with Crippen molar-refractivity contribution in [3.05, 3.63) is 39.4 Å². The highest BCUT2D eigenvalue weighted by Crippen LogP contribution is 2.22. The highest BCUT2D eigenvalue weighted by molar-refractivity contribution is 5.94. The van der Waals surface area contributed by atoms with Crippen LogP contribution in [0.3, 0.4) is 0 Å². The van der Waals surface area contributed by atoms with Gasteiger partial charge in [-0.3, -0.25) is 10.1 Å². The maximum absolute atomic E-state index is 11.2. The molecule has 104 valence electrons. The predicted molar refractivity (Wildman–Crippen MR) is 71.2 cm³/mol. The van der Waals surface area contributed by atoms with Crippen molar-refractivity contribution in [1.82, 2.24) is 5.32 Å². The van der Waals surface area contributed by atoms with Crippen LogP contribution in [-0.4, -0.2) is 22.5 Å². The Morgan fingerprint density at radius 3 is 2.68 bits per heavy atom. The third kappa shape index (κ3) is 4.33. The molecule has 0 bridgehead atoms. The highest BCUT2D eigenvalue weighted by Gasteiger charge is 2.22. The van der Waals surface area contributed by atoms with Crippen LogP contribution in [0.5, 0.6) is 0 Å². The lowest BCUT2D eigenvalue weighted by Crippen LogP contribution is -2.19. The summed E-state index contributed by atoms with van der Waals surface area (Å²) in [5, 5.41) is 23.0. The lowest BCUT2D eigenvalue weighted by Gasteiger charge is -2.09. The summed E-state index contributed by atoms with van der Waals surface area (Å²) in [7, 11) is 0. The molecule has 0 aromatic heterocycles.